The van der Waals surface area contributed by atoms with Gasteiger partial charge in [0.1, 0.15) is 0 Å². The van der Waals surface area contributed by atoms with Gasteiger partial charge >= 0.3 is 6.18 Å². The number of nitrogens with zero attached hydrogens (tertiary/aromatic N) is 1. The van der Waals surface area contributed by atoms with Gasteiger partial charge in [0.25, 0.3) is 0 Å². The molecule has 0 saturated heterocycles. The topological polar surface area (TPSA) is 30.0 Å². The predicted octanol–water partition coefficient (Wildman–Crippen LogP) is 3.78. The van der Waals surface area contributed by atoms with Crippen LogP contribution < -0.4 is 0 Å². The van der Waals surface area contributed by atoms with E-state index in [1.54, 1.807) is 0 Å². The van der Waals surface area contributed by atoms with Crippen LogP contribution in [-0.4, -0.2) is 10.8 Å². The SMILES string of the molecule is O=C(c1cnc(C(F)(F)F)s1)C1C2CCCCC21. The summed E-state index contributed by atoms with van der Waals surface area (Å²) in [6, 6.07) is 0. The maximum absolute atomic E-state index is 12.4. The smallest absolute Gasteiger partial charge is 0.293 e. The average molecular weight is 275 g/mol. The van der Waals surface area contributed by atoms with Crippen molar-refractivity contribution in [3.63, 3.8) is 0 Å². The third kappa shape index (κ3) is 1.96. The first-order valence-electron chi connectivity index (χ1n) is 6.05. The Bertz CT molecular complexity index is 470. The molecule has 0 amide bonds. The zero-order chi connectivity index (χ0) is 12.9. The van der Waals surface area contributed by atoms with Gasteiger partial charge in [-0.1, -0.05) is 12.8 Å². The van der Waals surface area contributed by atoms with Crippen molar-refractivity contribution < 1.29 is 18.0 Å². The van der Waals surface area contributed by atoms with Crippen molar-refractivity contribution in [1.29, 1.82) is 0 Å². The third-order valence-electron chi connectivity index (χ3n) is 3.95. The Balaban J connectivity index is 1.76. The standard InChI is InChI=1S/C12H12F3NOS/c13-12(14,15)11-16-5-8(18-11)10(17)9-6-3-1-2-4-7(6)9/h5-7,9H,1-4H2. The molecule has 1 heterocycles. The lowest BCUT2D eigenvalue weighted by Gasteiger charge is -2.04. The highest BCUT2D eigenvalue weighted by molar-refractivity contribution is 7.13. The van der Waals surface area contributed by atoms with Crippen LogP contribution in [-0.2, 0) is 6.18 Å². The number of fused-ring (bicyclic) bond motifs is 1. The van der Waals surface area contributed by atoms with Crippen LogP contribution in [0.25, 0.3) is 0 Å². The van der Waals surface area contributed by atoms with E-state index >= 15 is 0 Å². The highest BCUT2D eigenvalue weighted by Crippen LogP contribution is 2.56. The van der Waals surface area contributed by atoms with Gasteiger partial charge in [-0.05, 0) is 24.7 Å². The van der Waals surface area contributed by atoms with E-state index in [1.165, 1.54) is 0 Å². The van der Waals surface area contributed by atoms with Crippen LogP contribution in [0.5, 0.6) is 0 Å². The van der Waals surface area contributed by atoms with Crippen molar-refractivity contribution in [3.05, 3.63) is 16.1 Å². The number of halogens is 3. The lowest BCUT2D eigenvalue weighted by Crippen LogP contribution is -2.03. The summed E-state index contributed by atoms with van der Waals surface area (Å²) in [6.07, 6.45) is 1.01. The van der Waals surface area contributed by atoms with Crippen LogP contribution in [0.2, 0.25) is 0 Å². The Morgan fingerprint density at radius 3 is 2.39 bits per heavy atom. The maximum Gasteiger partial charge on any atom is 0.443 e. The number of thiazole rings is 1. The molecule has 18 heavy (non-hydrogen) atoms. The van der Waals surface area contributed by atoms with Gasteiger partial charge in [0.05, 0.1) is 4.88 Å². The highest BCUT2D eigenvalue weighted by atomic mass is 32.1. The zero-order valence-electron chi connectivity index (χ0n) is 9.54. The fourth-order valence-corrected chi connectivity index (χ4v) is 3.84. The lowest BCUT2D eigenvalue weighted by molar-refractivity contribution is -0.137. The Morgan fingerprint density at radius 2 is 1.89 bits per heavy atom. The number of Topliss-reactive ketones (excluding diaryl/α,β-unsaturated/α-hetero) is 1. The van der Waals surface area contributed by atoms with Crippen LogP contribution in [0, 0.1) is 17.8 Å². The summed E-state index contributed by atoms with van der Waals surface area (Å²) in [5, 5.41) is -0.922. The van der Waals surface area contributed by atoms with E-state index in [0.717, 1.165) is 31.9 Å². The molecule has 0 N–H and O–H groups in total. The summed E-state index contributed by atoms with van der Waals surface area (Å²) < 4.78 is 37.2. The molecular weight excluding hydrogens is 263 g/mol. The van der Waals surface area contributed by atoms with E-state index in [9.17, 15) is 18.0 Å². The molecule has 1 aromatic rings. The van der Waals surface area contributed by atoms with Gasteiger partial charge in [-0.15, -0.1) is 11.3 Å². The first kappa shape index (κ1) is 12.1. The number of hydrogen-bond acceptors (Lipinski definition) is 3. The molecule has 6 heteroatoms. The second-order valence-corrected chi connectivity index (χ2v) is 6.06. The van der Waals surface area contributed by atoms with E-state index in [2.05, 4.69) is 4.98 Å². The number of rotatable bonds is 2. The summed E-state index contributed by atoms with van der Waals surface area (Å²) in [6.45, 7) is 0. The molecule has 2 nitrogen and oxygen atoms in total. The molecule has 1 aromatic heterocycles. The van der Waals surface area contributed by atoms with Crippen LogP contribution in [0.15, 0.2) is 6.20 Å². The molecule has 2 aliphatic rings. The predicted molar refractivity (Wildman–Crippen MR) is 60.4 cm³/mol. The molecule has 0 bridgehead atoms. The van der Waals surface area contributed by atoms with E-state index in [1.807, 2.05) is 0 Å². The van der Waals surface area contributed by atoms with Gasteiger partial charge in [0.15, 0.2) is 10.8 Å². The molecule has 0 aliphatic heterocycles. The van der Waals surface area contributed by atoms with Crippen molar-refractivity contribution >= 4 is 17.1 Å². The summed E-state index contributed by atoms with van der Waals surface area (Å²) in [4.78, 5) is 15.6. The van der Waals surface area contributed by atoms with E-state index in [4.69, 9.17) is 0 Å². The molecule has 2 aliphatic carbocycles. The third-order valence-corrected chi connectivity index (χ3v) is 5.01. The van der Waals surface area contributed by atoms with E-state index in [0.29, 0.717) is 23.2 Å². The number of hydrogen-bond donors (Lipinski definition) is 0. The first-order valence-corrected chi connectivity index (χ1v) is 6.87. The van der Waals surface area contributed by atoms with Crippen molar-refractivity contribution in [2.24, 2.45) is 17.8 Å². The fourth-order valence-electron chi connectivity index (χ4n) is 3.06. The Labute approximate surface area is 106 Å². The van der Waals surface area contributed by atoms with Gasteiger partial charge in [-0.3, -0.25) is 4.79 Å². The molecule has 3 rings (SSSR count). The minimum Gasteiger partial charge on any atom is -0.293 e. The number of alkyl halides is 3. The molecule has 0 spiro atoms. The summed E-state index contributed by atoms with van der Waals surface area (Å²) in [7, 11) is 0. The number of carbonyl (C=O) groups excluding carboxylic acids is 1. The maximum atomic E-state index is 12.4. The highest BCUT2D eigenvalue weighted by Gasteiger charge is 2.55. The van der Waals surface area contributed by atoms with Gasteiger partial charge in [-0.2, -0.15) is 13.2 Å². The summed E-state index contributed by atoms with van der Waals surface area (Å²) in [5.74, 6) is 0.680. The second-order valence-electron chi connectivity index (χ2n) is 5.03. The van der Waals surface area contributed by atoms with Crippen LogP contribution in [0.3, 0.4) is 0 Å². The number of aromatic nitrogens is 1. The van der Waals surface area contributed by atoms with Gasteiger partial charge in [-0.25, -0.2) is 4.98 Å². The van der Waals surface area contributed by atoms with Crippen molar-refractivity contribution in [3.8, 4) is 0 Å². The molecule has 2 saturated carbocycles. The van der Waals surface area contributed by atoms with E-state index < -0.39 is 11.2 Å². The average Bonchev–Trinajstić information content (AvgIpc) is 2.81. The lowest BCUT2D eigenvalue weighted by atomic mass is 10.0. The van der Waals surface area contributed by atoms with E-state index in [-0.39, 0.29) is 16.6 Å². The Morgan fingerprint density at radius 1 is 1.28 bits per heavy atom. The fraction of sp³-hybridized carbons (Fsp3) is 0.667. The van der Waals surface area contributed by atoms with Gasteiger partial charge in [0, 0.05) is 12.1 Å². The molecule has 0 radical (unpaired) electrons. The normalized spacial score (nSPS) is 30.9. The van der Waals surface area contributed by atoms with Crippen molar-refractivity contribution in [1.82, 2.24) is 4.98 Å². The summed E-state index contributed by atoms with van der Waals surface area (Å²) in [5.41, 5.74) is 0. The van der Waals surface area contributed by atoms with Gasteiger partial charge < -0.3 is 0 Å². The molecule has 2 unspecified atom stereocenters. The van der Waals surface area contributed by atoms with Crippen molar-refractivity contribution in [2.45, 2.75) is 31.9 Å². The molecule has 98 valence electrons. The molecule has 2 fully saturated rings. The van der Waals surface area contributed by atoms with Crippen molar-refractivity contribution in [2.75, 3.05) is 0 Å². The molecule has 0 aromatic carbocycles. The van der Waals surface area contributed by atoms with Crippen LogP contribution in [0.1, 0.15) is 40.4 Å². The minimum absolute atomic E-state index is 0.0333. The second kappa shape index (κ2) is 4.05. The van der Waals surface area contributed by atoms with Crippen LogP contribution >= 0.6 is 11.3 Å². The molecular formula is C12H12F3NOS. The first-order chi connectivity index (χ1) is 8.48. The quantitative estimate of drug-likeness (QED) is 0.769. The minimum atomic E-state index is -4.44. The largest absolute Gasteiger partial charge is 0.443 e. The monoisotopic (exact) mass is 275 g/mol. The Hall–Kier alpha value is -0.910. The zero-order valence-corrected chi connectivity index (χ0v) is 10.4. The molecule has 2 atom stereocenters. The Kier molecular flexibility index (Phi) is 2.73. The number of carbonyl (C=O) groups is 1. The van der Waals surface area contributed by atoms with Gasteiger partial charge in [0.2, 0.25) is 0 Å². The summed E-state index contributed by atoms with van der Waals surface area (Å²) >= 11 is 0.476. The number of ketones is 1. The van der Waals surface area contributed by atoms with Crippen LogP contribution in [0.4, 0.5) is 13.2 Å².